The Labute approximate surface area is 158 Å². The number of carboxylic acids is 1. The molecule has 0 radical (unpaired) electrons. The molecule has 9 heteroatoms. The molecular weight excluding hydrogens is 382 g/mol. The molecule has 25 heavy (non-hydrogen) atoms. The molecule has 1 aliphatic carbocycles. The van der Waals surface area contributed by atoms with Crippen molar-refractivity contribution in [3.05, 3.63) is 40.4 Å². The van der Waals surface area contributed by atoms with Gasteiger partial charge in [-0.25, -0.2) is 9.59 Å². The third kappa shape index (κ3) is 5.10. The molecule has 1 heterocycles. The number of nitrogens with one attached hydrogen (secondary N) is 2. The van der Waals surface area contributed by atoms with Crippen LogP contribution in [-0.2, 0) is 5.75 Å². The van der Waals surface area contributed by atoms with Crippen molar-refractivity contribution in [1.29, 1.82) is 0 Å². The summed E-state index contributed by atoms with van der Waals surface area (Å²) in [5, 5.41) is 16.1. The van der Waals surface area contributed by atoms with Crippen molar-refractivity contribution in [2.45, 2.75) is 23.6 Å². The molecule has 0 unspecified atom stereocenters. The van der Waals surface area contributed by atoms with Crippen LogP contribution in [0.15, 0.2) is 29.3 Å². The lowest BCUT2D eigenvalue weighted by Gasteiger charge is -2.06. The van der Waals surface area contributed by atoms with Gasteiger partial charge in [0.1, 0.15) is 15.6 Å². The number of benzene rings is 1. The molecule has 0 spiro atoms. The maximum atomic E-state index is 11.9. The molecule has 3 N–H and O–H groups in total. The largest absolute Gasteiger partial charge is 0.477 e. The van der Waals surface area contributed by atoms with Crippen molar-refractivity contribution in [3.8, 4) is 0 Å². The average Bonchev–Trinajstić information content (AvgIpc) is 3.32. The van der Waals surface area contributed by atoms with E-state index in [1.165, 1.54) is 11.8 Å². The van der Waals surface area contributed by atoms with Gasteiger partial charge in [-0.2, -0.15) is 4.37 Å². The van der Waals surface area contributed by atoms with Gasteiger partial charge in [0, 0.05) is 17.3 Å². The molecule has 2 aromatic rings. The number of hydrogen-bond acceptors (Lipinski definition) is 5. The number of nitrogens with zero attached hydrogens (tertiary/aromatic N) is 1. The summed E-state index contributed by atoms with van der Waals surface area (Å²) in [4.78, 5) is 23.5. The minimum atomic E-state index is -1.11. The number of thioether (sulfide) groups is 1. The van der Waals surface area contributed by atoms with Gasteiger partial charge < -0.3 is 10.4 Å². The third-order valence-electron chi connectivity index (χ3n) is 3.64. The van der Waals surface area contributed by atoms with Crippen molar-refractivity contribution in [2.24, 2.45) is 5.92 Å². The van der Waals surface area contributed by atoms with Gasteiger partial charge >= 0.3 is 12.0 Å². The van der Waals surface area contributed by atoms with Crippen LogP contribution in [0.2, 0.25) is 5.02 Å². The number of anilines is 1. The molecule has 3 rings (SSSR count). The highest BCUT2D eigenvalue weighted by molar-refractivity contribution is 7.98. The van der Waals surface area contributed by atoms with E-state index in [9.17, 15) is 14.7 Å². The van der Waals surface area contributed by atoms with E-state index in [2.05, 4.69) is 15.0 Å². The maximum Gasteiger partial charge on any atom is 0.341 e. The lowest BCUT2D eigenvalue weighted by molar-refractivity contribution is 0.0694. The van der Waals surface area contributed by atoms with Crippen LogP contribution in [-0.4, -0.2) is 28.0 Å². The number of rotatable bonds is 7. The summed E-state index contributed by atoms with van der Waals surface area (Å²) in [5.74, 6) is 0.00982. The molecule has 1 saturated carbocycles. The second-order valence-electron chi connectivity index (χ2n) is 5.69. The highest BCUT2D eigenvalue weighted by Crippen LogP contribution is 2.34. The summed E-state index contributed by atoms with van der Waals surface area (Å²) in [6.45, 7) is 0.616. The first-order valence-corrected chi connectivity index (χ1v) is 9.81. The van der Waals surface area contributed by atoms with Crippen molar-refractivity contribution in [3.63, 3.8) is 0 Å². The smallest absolute Gasteiger partial charge is 0.341 e. The Hall–Kier alpha value is -1.77. The van der Waals surface area contributed by atoms with E-state index >= 15 is 0 Å². The molecule has 2 amide bonds. The van der Waals surface area contributed by atoms with Gasteiger partial charge in [0.2, 0.25) is 0 Å². The Balaban J connectivity index is 1.64. The number of carboxylic acid groups (broad SMARTS) is 1. The summed E-state index contributed by atoms with van der Waals surface area (Å²) in [6, 6.07) is 6.94. The first-order chi connectivity index (χ1) is 12.0. The summed E-state index contributed by atoms with van der Waals surface area (Å²) >= 11 is 8.14. The Bertz CT molecular complexity index is 775. The predicted molar refractivity (Wildman–Crippen MR) is 99.8 cm³/mol. The fraction of sp³-hybridized carbons (Fsp3) is 0.312. The first kappa shape index (κ1) is 18.0. The van der Waals surface area contributed by atoms with Gasteiger partial charge in [-0.05, 0) is 48.0 Å². The number of aromatic nitrogens is 1. The minimum Gasteiger partial charge on any atom is -0.477 e. The Kier molecular flexibility index (Phi) is 5.82. The molecule has 1 fully saturated rings. The maximum absolute atomic E-state index is 11.9. The van der Waals surface area contributed by atoms with E-state index < -0.39 is 12.0 Å². The van der Waals surface area contributed by atoms with Gasteiger partial charge in [0.15, 0.2) is 0 Å². The average molecular weight is 398 g/mol. The lowest BCUT2D eigenvalue weighted by atomic mass is 10.2. The molecule has 0 saturated heterocycles. The van der Waals surface area contributed by atoms with Crippen LogP contribution < -0.4 is 10.6 Å². The van der Waals surface area contributed by atoms with Crippen molar-refractivity contribution >= 4 is 51.9 Å². The molecule has 132 valence electrons. The topological polar surface area (TPSA) is 91.3 Å². The molecular formula is C16H16ClN3O3S2. The van der Waals surface area contributed by atoms with E-state index in [-0.39, 0.29) is 10.6 Å². The zero-order valence-corrected chi connectivity index (χ0v) is 15.5. The molecule has 0 aliphatic heterocycles. The van der Waals surface area contributed by atoms with Gasteiger partial charge in [-0.15, -0.1) is 0 Å². The van der Waals surface area contributed by atoms with E-state index in [1.54, 1.807) is 12.1 Å². The number of carbonyl (C=O) groups is 2. The van der Waals surface area contributed by atoms with Crippen LogP contribution in [0, 0.1) is 5.92 Å². The zero-order valence-electron chi connectivity index (χ0n) is 13.1. The second-order valence-corrected chi connectivity index (χ2v) is 7.86. The Morgan fingerprint density at radius 2 is 2.04 bits per heavy atom. The number of aromatic carboxylic acids is 1. The second kappa shape index (κ2) is 8.07. The molecule has 1 aromatic heterocycles. The Morgan fingerprint density at radius 3 is 2.68 bits per heavy atom. The van der Waals surface area contributed by atoms with Crippen LogP contribution in [0.25, 0.3) is 0 Å². The van der Waals surface area contributed by atoms with Crippen LogP contribution in [0.5, 0.6) is 0 Å². The fourth-order valence-corrected chi connectivity index (χ4v) is 4.11. The van der Waals surface area contributed by atoms with E-state index in [4.69, 9.17) is 11.6 Å². The lowest BCUT2D eigenvalue weighted by Crippen LogP contribution is -2.30. The molecule has 6 nitrogen and oxygen atoms in total. The molecule has 1 aromatic carbocycles. The van der Waals surface area contributed by atoms with E-state index in [0.29, 0.717) is 28.3 Å². The summed E-state index contributed by atoms with van der Waals surface area (Å²) in [6.07, 6.45) is 2.26. The van der Waals surface area contributed by atoms with Crippen LogP contribution in [0.3, 0.4) is 0 Å². The fourth-order valence-electron chi connectivity index (χ4n) is 2.09. The van der Waals surface area contributed by atoms with Crippen molar-refractivity contribution < 1.29 is 14.7 Å². The van der Waals surface area contributed by atoms with Gasteiger partial charge in [0.05, 0.1) is 0 Å². The van der Waals surface area contributed by atoms with Crippen molar-refractivity contribution in [2.75, 3.05) is 11.9 Å². The zero-order chi connectivity index (χ0) is 17.8. The minimum absolute atomic E-state index is 0.0329. The summed E-state index contributed by atoms with van der Waals surface area (Å²) in [5.41, 5.74) is 1.04. The third-order valence-corrected chi connectivity index (χ3v) is 5.82. The van der Waals surface area contributed by atoms with E-state index in [0.717, 1.165) is 29.9 Å². The SMILES string of the molecule is O=C(NCC1CC1)Nc1snc(SCc2ccc(Cl)cc2)c1C(=O)O. The number of urea groups is 1. The van der Waals surface area contributed by atoms with E-state index in [1.807, 2.05) is 12.1 Å². The quantitative estimate of drug-likeness (QED) is 0.605. The monoisotopic (exact) mass is 397 g/mol. The first-order valence-electron chi connectivity index (χ1n) is 7.68. The molecule has 0 bridgehead atoms. The predicted octanol–water partition coefficient (Wildman–Crippen LogP) is 4.32. The Morgan fingerprint density at radius 1 is 1.32 bits per heavy atom. The van der Waals surface area contributed by atoms with Crippen LogP contribution in [0.4, 0.5) is 9.80 Å². The number of carbonyl (C=O) groups excluding carboxylic acids is 1. The highest BCUT2D eigenvalue weighted by atomic mass is 35.5. The van der Waals surface area contributed by atoms with Gasteiger partial charge in [0.25, 0.3) is 0 Å². The normalized spacial score (nSPS) is 13.5. The van der Waals surface area contributed by atoms with Crippen LogP contribution in [0.1, 0.15) is 28.8 Å². The number of halogens is 1. The van der Waals surface area contributed by atoms with Crippen molar-refractivity contribution in [1.82, 2.24) is 9.69 Å². The number of hydrogen-bond donors (Lipinski definition) is 3. The van der Waals surface area contributed by atoms with Crippen LogP contribution >= 0.6 is 34.9 Å². The highest BCUT2D eigenvalue weighted by Gasteiger charge is 2.24. The molecule has 1 aliphatic rings. The summed E-state index contributed by atoms with van der Waals surface area (Å²) < 4.78 is 4.19. The number of amides is 2. The van der Waals surface area contributed by atoms with Gasteiger partial charge in [-0.3, -0.25) is 5.32 Å². The summed E-state index contributed by atoms with van der Waals surface area (Å²) in [7, 11) is 0. The standard InChI is InChI=1S/C16H16ClN3O3S2/c17-11-5-3-10(4-6-11)8-24-14-12(15(21)22)13(25-20-14)19-16(23)18-7-9-1-2-9/h3-6,9H,1-2,7-8H2,(H,21,22)(H2,18,19,23). The molecule has 0 atom stereocenters. The van der Waals surface area contributed by atoms with Gasteiger partial charge in [-0.1, -0.05) is 35.5 Å².